The van der Waals surface area contributed by atoms with Crippen molar-refractivity contribution in [2.45, 2.75) is 18.5 Å². The predicted molar refractivity (Wildman–Crippen MR) is 73.4 cm³/mol. The van der Waals surface area contributed by atoms with Crippen LogP contribution in [0.4, 0.5) is 10.1 Å². The van der Waals surface area contributed by atoms with Gasteiger partial charge < -0.3 is 5.73 Å². The Morgan fingerprint density at radius 3 is 2.80 bits per heavy atom. The smallest absolute Gasteiger partial charge is 0.281 e. The van der Waals surface area contributed by atoms with Gasteiger partial charge in [-0.25, -0.2) is 4.39 Å². The number of nitrogens with zero attached hydrogens (tertiary/aromatic N) is 1. The van der Waals surface area contributed by atoms with E-state index in [4.69, 9.17) is 17.3 Å². The zero-order chi connectivity index (χ0) is 14.9. The molecule has 20 heavy (non-hydrogen) atoms. The highest BCUT2D eigenvalue weighted by Gasteiger charge is 2.24. The molecule has 0 radical (unpaired) electrons. The standard InChI is InChI=1S/C11H12ClFN4O2S/c1-6-8(5-14)11(16-15-6)20(18,19)17-10-3-2-7(13)4-9(10)12/h2-4,17H,5,14H2,1H3,(H,15,16). The molecule has 1 heterocycles. The molecule has 0 amide bonds. The molecule has 2 rings (SSSR count). The van der Waals surface area contributed by atoms with Crippen molar-refractivity contribution in [2.75, 3.05) is 4.72 Å². The molecule has 0 fully saturated rings. The Kier molecular flexibility index (Phi) is 3.98. The maximum absolute atomic E-state index is 12.9. The van der Waals surface area contributed by atoms with Gasteiger partial charge in [0.15, 0.2) is 0 Å². The Morgan fingerprint density at radius 1 is 1.50 bits per heavy atom. The van der Waals surface area contributed by atoms with Gasteiger partial charge >= 0.3 is 0 Å². The Balaban J connectivity index is 2.41. The van der Waals surface area contributed by atoms with Crippen LogP contribution in [0.15, 0.2) is 23.2 Å². The van der Waals surface area contributed by atoms with E-state index in [0.717, 1.165) is 12.1 Å². The van der Waals surface area contributed by atoms with Gasteiger partial charge in [0.1, 0.15) is 5.82 Å². The largest absolute Gasteiger partial charge is 0.326 e. The van der Waals surface area contributed by atoms with Gasteiger partial charge in [0.2, 0.25) is 5.03 Å². The average molecular weight is 319 g/mol. The first-order valence-electron chi connectivity index (χ1n) is 5.57. The fraction of sp³-hybridized carbons (Fsp3) is 0.182. The van der Waals surface area contributed by atoms with E-state index in [-0.39, 0.29) is 22.3 Å². The van der Waals surface area contributed by atoms with Gasteiger partial charge in [-0.2, -0.15) is 13.5 Å². The van der Waals surface area contributed by atoms with Crippen LogP contribution in [0.5, 0.6) is 0 Å². The van der Waals surface area contributed by atoms with Gasteiger partial charge in [-0.15, -0.1) is 0 Å². The predicted octanol–water partition coefficient (Wildman–Crippen LogP) is 1.77. The highest BCUT2D eigenvalue weighted by atomic mass is 35.5. The minimum Gasteiger partial charge on any atom is -0.326 e. The molecule has 2 aromatic rings. The van der Waals surface area contributed by atoms with Crippen molar-refractivity contribution in [3.05, 3.63) is 40.3 Å². The normalized spacial score (nSPS) is 11.6. The van der Waals surface area contributed by atoms with Crippen LogP contribution in [0, 0.1) is 12.7 Å². The van der Waals surface area contributed by atoms with E-state index < -0.39 is 15.8 Å². The molecule has 0 unspecified atom stereocenters. The molecule has 6 nitrogen and oxygen atoms in total. The van der Waals surface area contributed by atoms with Gasteiger partial charge in [0, 0.05) is 17.8 Å². The lowest BCUT2D eigenvalue weighted by Gasteiger charge is -2.09. The van der Waals surface area contributed by atoms with E-state index >= 15 is 0 Å². The van der Waals surface area contributed by atoms with Crippen molar-refractivity contribution in [2.24, 2.45) is 5.73 Å². The number of sulfonamides is 1. The summed E-state index contributed by atoms with van der Waals surface area (Å²) in [4.78, 5) is 0. The summed E-state index contributed by atoms with van der Waals surface area (Å²) in [6.45, 7) is 1.69. The number of H-pyrrole nitrogens is 1. The van der Waals surface area contributed by atoms with Crippen LogP contribution in [0.1, 0.15) is 11.3 Å². The van der Waals surface area contributed by atoms with Gasteiger partial charge in [-0.1, -0.05) is 11.6 Å². The molecule has 0 saturated heterocycles. The fourth-order valence-electron chi connectivity index (χ4n) is 1.66. The van der Waals surface area contributed by atoms with Crippen molar-refractivity contribution in [3.63, 3.8) is 0 Å². The Labute approximate surface area is 120 Å². The number of hydrogen-bond donors (Lipinski definition) is 3. The van der Waals surface area contributed by atoms with Crippen molar-refractivity contribution in [1.29, 1.82) is 0 Å². The van der Waals surface area contributed by atoms with Gasteiger partial charge in [-0.05, 0) is 25.1 Å². The van der Waals surface area contributed by atoms with Crippen LogP contribution in [0.3, 0.4) is 0 Å². The molecular weight excluding hydrogens is 307 g/mol. The molecule has 0 spiro atoms. The average Bonchev–Trinajstić information content (AvgIpc) is 2.74. The first-order valence-corrected chi connectivity index (χ1v) is 7.43. The molecule has 0 aliphatic rings. The quantitative estimate of drug-likeness (QED) is 0.799. The number of nitrogens with two attached hydrogens (primary N) is 1. The second-order valence-corrected chi connectivity index (χ2v) is 6.07. The second-order valence-electron chi connectivity index (χ2n) is 4.07. The molecule has 9 heteroatoms. The number of anilines is 1. The van der Waals surface area contributed by atoms with Crippen molar-refractivity contribution < 1.29 is 12.8 Å². The maximum atomic E-state index is 12.9. The van der Waals surface area contributed by atoms with Gasteiger partial charge in [-0.3, -0.25) is 9.82 Å². The van der Waals surface area contributed by atoms with Crippen LogP contribution < -0.4 is 10.5 Å². The monoisotopic (exact) mass is 318 g/mol. The molecule has 0 aliphatic carbocycles. The van der Waals surface area contributed by atoms with Gasteiger partial charge in [0.05, 0.1) is 10.7 Å². The first-order chi connectivity index (χ1) is 9.35. The number of aromatic amines is 1. The molecular formula is C11H12ClFN4O2S. The summed E-state index contributed by atoms with van der Waals surface area (Å²) in [5.74, 6) is -0.559. The third kappa shape index (κ3) is 2.77. The summed E-state index contributed by atoms with van der Waals surface area (Å²) >= 11 is 5.78. The summed E-state index contributed by atoms with van der Waals surface area (Å²) in [6.07, 6.45) is 0. The Hall–Kier alpha value is -1.64. The highest BCUT2D eigenvalue weighted by molar-refractivity contribution is 7.92. The SMILES string of the molecule is Cc1[nH]nc(S(=O)(=O)Nc2ccc(F)cc2Cl)c1CN. The van der Waals surface area contributed by atoms with E-state index in [2.05, 4.69) is 14.9 Å². The van der Waals surface area contributed by atoms with E-state index in [1.165, 1.54) is 6.07 Å². The third-order valence-corrected chi connectivity index (χ3v) is 4.32. The summed E-state index contributed by atoms with van der Waals surface area (Å²) < 4.78 is 39.6. The van der Waals surface area contributed by atoms with Gasteiger partial charge in [0.25, 0.3) is 10.0 Å². The van der Waals surface area contributed by atoms with Crippen LogP contribution in [-0.4, -0.2) is 18.6 Å². The van der Waals surface area contributed by atoms with Crippen molar-refractivity contribution >= 4 is 27.3 Å². The minimum atomic E-state index is -3.95. The zero-order valence-corrected chi connectivity index (χ0v) is 12.0. The number of rotatable bonds is 4. The lowest BCUT2D eigenvalue weighted by molar-refractivity contribution is 0.595. The number of nitrogens with one attached hydrogen (secondary N) is 2. The summed E-state index contributed by atoms with van der Waals surface area (Å²) in [6, 6.07) is 3.35. The summed E-state index contributed by atoms with van der Waals surface area (Å²) in [7, 11) is -3.95. The topological polar surface area (TPSA) is 101 Å². The van der Waals surface area contributed by atoms with Crippen LogP contribution in [0.25, 0.3) is 0 Å². The van der Waals surface area contributed by atoms with E-state index in [1.807, 2.05) is 0 Å². The van der Waals surface area contributed by atoms with Crippen LogP contribution in [-0.2, 0) is 16.6 Å². The minimum absolute atomic E-state index is 0.0235. The number of benzene rings is 1. The Morgan fingerprint density at radius 2 is 2.20 bits per heavy atom. The lowest BCUT2D eigenvalue weighted by atomic mass is 10.3. The maximum Gasteiger partial charge on any atom is 0.281 e. The van der Waals surface area contributed by atoms with Crippen molar-refractivity contribution in [1.82, 2.24) is 10.2 Å². The van der Waals surface area contributed by atoms with Crippen molar-refractivity contribution in [3.8, 4) is 0 Å². The first kappa shape index (κ1) is 14.8. The third-order valence-electron chi connectivity index (χ3n) is 2.67. The molecule has 4 N–H and O–H groups in total. The molecule has 1 aromatic carbocycles. The van der Waals surface area contributed by atoms with E-state index in [1.54, 1.807) is 6.92 Å². The molecule has 0 atom stereocenters. The van der Waals surface area contributed by atoms with Crippen LogP contribution in [0.2, 0.25) is 5.02 Å². The number of aryl methyl sites for hydroxylation is 1. The zero-order valence-electron chi connectivity index (χ0n) is 10.4. The number of halogens is 2. The molecule has 0 bridgehead atoms. The Bertz CT molecular complexity index is 745. The fourth-order valence-corrected chi connectivity index (χ4v) is 3.22. The molecule has 108 valence electrons. The summed E-state index contributed by atoms with van der Waals surface area (Å²) in [5, 5.41) is 6.05. The molecule has 0 aliphatic heterocycles. The molecule has 0 saturated carbocycles. The lowest BCUT2D eigenvalue weighted by Crippen LogP contribution is -2.16. The number of aromatic nitrogens is 2. The highest BCUT2D eigenvalue weighted by Crippen LogP contribution is 2.26. The van der Waals surface area contributed by atoms with Crippen LogP contribution >= 0.6 is 11.6 Å². The molecule has 1 aromatic heterocycles. The second kappa shape index (κ2) is 5.39. The van der Waals surface area contributed by atoms with E-state index in [0.29, 0.717) is 11.3 Å². The summed E-state index contributed by atoms with van der Waals surface area (Å²) in [5.41, 5.74) is 6.53. The van der Waals surface area contributed by atoms with E-state index in [9.17, 15) is 12.8 Å². The number of hydrogen-bond acceptors (Lipinski definition) is 4.